The van der Waals surface area contributed by atoms with Crippen LogP contribution in [-0.4, -0.2) is 69.5 Å². The van der Waals surface area contributed by atoms with Crippen LogP contribution in [0.3, 0.4) is 0 Å². The topological polar surface area (TPSA) is 88.2 Å². The van der Waals surface area contributed by atoms with Crippen LogP contribution in [0.5, 0.6) is 11.5 Å². The Balaban J connectivity index is 1.13. The number of fused-ring (bicyclic) bond motifs is 2. The lowest BCUT2D eigenvalue weighted by Gasteiger charge is -2.33. The van der Waals surface area contributed by atoms with E-state index in [1.165, 1.54) is 9.87 Å². The maximum absolute atomic E-state index is 13.1. The molecule has 1 aliphatic carbocycles. The fraction of sp³-hybridized carbons (Fsp3) is 0.480. The maximum atomic E-state index is 13.1. The number of hydrogen-bond acceptors (Lipinski definition) is 6. The van der Waals surface area contributed by atoms with Crippen LogP contribution in [0.4, 0.5) is 0 Å². The average molecular weight is 486 g/mol. The highest BCUT2D eigenvalue weighted by atomic mass is 32.2. The maximum Gasteiger partial charge on any atom is 0.243 e. The summed E-state index contributed by atoms with van der Waals surface area (Å²) in [5, 5.41) is 3.03. The molecule has 1 unspecified atom stereocenters. The van der Waals surface area contributed by atoms with E-state index >= 15 is 0 Å². The van der Waals surface area contributed by atoms with Gasteiger partial charge in [-0.25, -0.2) is 8.42 Å². The van der Waals surface area contributed by atoms with Crippen LogP contribution < -0.4 is 14.8 Å². The van der Waals surface area contributed by atoms with Crippen LogP contribution >= 0.6 is 0 Å². The minimum Gasteiger partial charge on any atom is -0.486 e. The van der Waals surface area contributed by atoms with Crippen molar-refractivity contribution in [1.29, 1.82) is 0 Å². The molecule has 1 saturated heterocycles. The van der Waals surface area contributed by atoms with E-state index in [2.05, 4.69) is 5.32 Å². The van der Waals surface area contributed by atoms with Gasteiger partial charge in [0.1, 0.15) is 13.2 Å². The molecule has 3 aliphatic rings. The fourth-order valence-electron chi connectivity index (χ4n) is 4.89. The van der Waals surface area contributed by atoms with E-state index in [4.69, 9.17) is 9.47 Å². The first-order chi connectivity index (χ1) is 16.4. The monoisotopic (exact) mass is 485 g/mol. The summed E-state index contributed by atoms with van der Waals surface area (Å²) in [6, 6.07) is 11.1. The van der Waals surface area contributed by atoms with Gasteiger partial charge in [0.25, 0.3) is 0 Å². The van der Waals surface area contributed by atoms with Crippen molar-refractivity contribution in [1.82, 2.24) is 14.5 Å². The van der Waals surface area contributed by atoms with Gasteiger partial charge < -0.3 is 14.8 Å². The Morgan fingerprint density at radius 1 is 0.971 bits per heavy atom. The van der Waals surface area contributed by atoms with Crippen molar-refractivity contribution in [2.75, 3.05) is 45.9 Å². The van der Waals surface area contributed by atoms with Gasteiger partial charge in [-0.3, -0.25) is 9.69 Å². The summed E-state index contributed by atoms with van der Waals surface area (Å²) in [6.07, 6.45) is 3.07. The SMILES string of the molecule is CC(NC(=O)CN1CCN(S(=O)(=O)c2ccc3c(c2)CCC3)CC1)c1ccc2c(c1)OCCO2. The quantitative estimate of drug-likeness (QED) is 0.675. The molecule has 0 bridgehead atoms. The van der Waals surface area contributed by atoms with E-state index in [0.717, 1.165) is 36.1 Å². The molecule has 8 nitrogen and oxygen atoms in total. The van der Waals surface area contributed by atoms with Gasteiger partial charge in [0, 0.05) is 26.2 Å². The van der Waals surface area contributed by atoms with Crippen LogP contribution in [0.25, 0.3) is 0 Å². The molecular formula is C25H31N3O5S. The van der Waals surface area contributed by atoms with Gasteiger partial charge in [0.2, 0.25) is 15.9 Å². The number of carbonyl (C=O) groups is 1. The number of ether oxygens (including phenoxy) is 2. The summed E-state index contributed by atoms with van der Waals surface area (Å²) in [6.45, 7) is 5.04. The molecule has 2 aromatic carbocycles. The molecule has 0 saturated carbocycles. The van der Waals surface area contributed by atoms with E-state index in [1.807, 2.05) is 42.2 Å². The number of piperazine rings is 1. The molecule has 1 fully saturated rings. The summed E-state index contributed by atoms with van der Waals surface area (Å²) >= 11 is 0. The molecule has 1 atom stereocenters. The lowest BCUT2D eigenvalue weighted by Crippen LogP contribution is -2.51. The van der Waals surface area contributed by atoms with Crippen molar-refractivity contribution in [2.45, 2.75) is 37.1 Å². The average Bonchev–Trinajstić information content (AvgIpc) is 3.32. The van der Waals surface area contributed by atoms with E-state index in [-0.39, 0.29) is 18.5 Å². The Labute approximate surface area is 200 Å². The molecule has 9 heteroatoms. The second-order valence-corrected chi connectivity index (χ2v) is 11.1. The fourth-order valence-corrected chi connectivity index (χ4v) is 6.36. The van der Waals surface area contributed by atoms with Crippen LogP contribution in [0.1, 0.15) is 36.1 Å². The highest BCUT2D eigenvalue weighted by Crippen LogP contribution is 2.32. The Morgan fingerprint density at radius 2 is 1.71 bits per heavy atom. The zero-order valence-corrected chi connectivity index (χ0v) is 20.3. The predicted octanol–water partition coefficient (Wildman–Crippen LogP) is 2.13. The van der Waals surface area contributed by atoms with Gasteiger partial charge >= 0.3 is 0 Å². The molecular weight excluding hydrogens is 454 g/mol. The minimum atomic E-state index is -3.51. The lowest BCUT2D eigenvalue weighted by molar-refractivity contribution is -0.123. The van der Waals surface area contributed by atoms with E-state index in [1.54, 1.807) is 6.07 Å². The van der Waals surface area contributed by atoms with E-state index in [9.17, 15) is 13.2 Å². The third-order valence-electron chi connectivity index (χ3n) is 6.85. The van der Waals surface area contributed by atoms with Crippen molar-refractivity contribution in [2.24, 2.45) is 0 Å². The number of nitrogens with one attached hydrogen (secondary N) is 1. The number of amides is 1. The molecule has 1 N–H and O–H groups in total. The zero-order chi connectivity index (χ0) is 23.7. The van der Waals surface area contributed by atoms with Gasteiger partial charge in [-0.2, -0.15) is 4.31 Å². The van der Waals surface area contributed by atoms with Crippen molar-refractivity contribution < 1.29 is 22.7 Å². The van der Waals surface area contributed by atoms with Crippen molar-refractivity contribution in [3.63, 3.8) is 0 Å². The van der Waals surface area contributed by atoms with Crippen LogP contribution in [-0.2, 0) is 27.7 Å². The summed E-state index contributed by atoms with van der Waals surface area (Å²) in [5.74, 6) is 1.34. The molecule has 0 spiro atoms. The Hall–Kier alpha value is -2.62. The number of nitrogens with zero attached hydrogens (tertiary/aromatic N) is 2. The van der Waals surface area contributed by atoms with Gasteiger partial charge in [-0.15, -0.1) is 0 Å². The van der Waals surface area contributed by atoms with Gasteiger partial charge in [0.15, 0.2) is 11.5 Å². The van der Waals surface area contributed by atoms with Gasteiger partial charge in [0.05, 0.1) is 17.5 Å². The summed E-state index contributed by atoms with van der Waals surface area (Å²) < 4.78 is 39.0. The first-order valence-corrected chi connectivity index (χ1v) is 13.4. The summed E-state index contributed by atoms with van der Waals surface area (Å²) in [7, 11) is -3.51. The van der Waals surface area contributed by atoms with Crippen LogP contribution in [0.15, 0.2) is 41.3 Å². The van der Waals surface area contributed by atoms with Crippen molar-refractivity contribution >= 4 is 15.9 Å². The third kappa shape index (κ3) is 4.78. The second-order valence-electron chi connectivity index (χ2n) is 9.16. The molecule has 2 aliphatic heterocycles. The molecule has 182 valence electrons. The molecule has 5 rings (SSSR count). The number of benzene rings is 2. The number of hydrogen-bond donors (Lipinski definition) is 1. The minimum absolute atomic E-state index is 0.0858. The molecule has 34 heavy (non-hydrogen) atoms. The third-order valence-corrected chi connectivity index (χ3v) is 8.74. The number of rotatable bonds is 6. The van der Waals surface area contributed by atoms with E-state index < -0.39 is 10.0 Å². The molecule has 0 aromatic heterocycles. The first kappa shape index (κ1) is 23.1. The molecule has 2 heterocycles. The second kappa shape index (κ2) is 9.56. The zero-order valence-electron chi connectivity index (χ0n) is 19.5. The standard InChI is InChI=1S/C25H31N3O5S/c1-18(20-6-8-23-24(16-20)33-14-13-32-23)26-25(29)17-27-9-11-28(12-10-27)34(30,31)22-7-5-19-3-2-4-21(19)15-22/h5-8,15-16,18H,2-4,9-14,17H2,1H3,(H,26,29). The molecule has 1 amide bonds. The largest absolute Gasteiger partial charge is 0.486 e. The van der Waals surface area contributed by atoms with Crippen LogP contribution in [0.2, 0.25) is 0 Å². The normalized spacial score (nSPS) is 19.4. The Kier molecular flexibility index (Phi) is 6.50. The smallest absolute Gasteiger partial charge is 0.243 e. The van der Waals surface area contributed by atoms with Crippen molar-refractivity contribution in [3.8, 4) is 11.5 Å². The van der Waals surface area contributed by atoms with Gasteiger partial charge in [-0.05, 0) is 67.1 Å². The highest BCUT2D eigenvalue weighted by Gasteiger charge is 2.30. The van der Waals surface area contributed by atoms with Crippen LogP contribution in [0, 0.1) is 0 Å². The Morgan fingerprint density at radius 3 is 2.50 bits per heavy atom. The van der Waals surface area contributed by atoms with Gasteiger partial charge in [-0.1, -0.05) is 12.1 Å². The molecule has 0 radical (unpaired) electrons. The molecule has 2 aromatic rings. The Bertz CT molecular complexity index is 1180. The summed E-state index contributed by atoms with van der Waals surface area (Å²) in [5.41, 5.74) is 3.37. The van der Waals surface area contributed by atoms with Crippen molar-refractivity contribution in [3.05, 3.63) is 53.1 Å². The first-order valence-electron chi connectivity index (χ1n) is 11.9. The highest BCUT2D eigenvalue weighted by molar-refractivity contribution is 7.89. The number of sulfonamides is 1. The number of aryl methyl sites for hydroxylation is 2. The summed E-state index contributed by atoms with van der Waals surface area (Å²) in [4.78, 5) is 15.0. The predicted molar refractivity (Wildman–Crippen MR) is 128 cm³/mol. The van der Waals surface area contributed by atoms with E-state index in [0.29, 0.717) is 50.0 Å². The number of carbonyl (C=O) groups excluding carboxylic acids is 1. The lowest BCUT2D eigenvalue weighted by atomic mass is 10.1.